The molecule has 0 aliphatic heterocycles. The molecule has 0 radical (unpaired) electrons. The van der Waals surface area contributed by atoms with E-state index < -0.39 is 9.05 Å². The summed E-state index contributed by atoms with van der Waals surface area (Å²) in [5.41, 5.74) is 1.35. The van der Waals surface area contributed by atoms with Crippen LogP contribution in [0.3, 0.4) is 0 Å². The standard InChI is InChI=1S/C11H9ClN2O2S/c12-17(15,16)8-9-6-13-11(14-7-9)10-4-2-1-3-5-10/h1-7H,8H2. The molecule has 2 aromatic rings. The molecule has 0 unspecified atom stereocenters. The van der Waals surface area contributed by atoms with E-state index in [2.05, 4.69) is 9.97 Å². The van der Waals surface area contributed by atoms with Crippen LogP contribution in [0.25, 0.3) is 11.4 Å². The number of rotatable bonds is 3. The van der Waals surface area contributed by atoms with Crippen LogP contribution in [0.2, 0.25) is 0 Å². The molecule has 88 valence electrons. The van der Waals surface area contributed by atoms with Gasteiger partial charge < -0.3 is 0 Å². The Balaban J connectivity index is 2.25. The second-order valence-electron chi connectivity index (χ2n) is 3.46. The molecular formula is C11H9ClN2O2S. The van der Waals surface area contributed by atoms with Gasteiger partial charge in [0.1, 0.15) is 0 Å². The summed E-state index contributed by atoms with van der Waals surface area (Å²) in [6, 6.07) is 9.43. The van der Waals surface area contributed by atoms with E-state index in [1.165, 1.54) is 12.4 Å². The van der Waals surface area contributed by atoms with Crippen molar-refractivity contribution in [2.45, 2.75) is 5.75 Å². The summed E-state index contributed by atoms with van der Waals surface area (Å²) in [5.74, 6) is 0.296. The van der Waals surface area contributed by atoms with Crippen molar-refractivity contribution in [2.75, 3.05) is 0 Å². The van der Waals surface area contributed by atoms with Crippen LogP contribution in [0.5, 0.6) is 0 Å². The Kier molecular flexibility index (Phi) is 3.40. The highest BCUT2D eigenvalue weighted by Gasteiger charge is 2.08. The molecule has 1 heterocycles. The van der Waals surface area contributed by atoms with Crippen LogP contribution in [0.4, 0.5) is 0 Å². The van der Waals surface area contributed by atoms with Crippen LogP contribution in [0.15, 0.2) is 42.7 Å². The third-order valence-corrected chi connectivity index (χ3v) is 3.08. The van der Waals surface area contributed by atoms with Crippen molar-refractivity contribution in [3.63, 3.8) is 0 Å². The lowest BCUT2D eigenvalue weighted by molar-refractivity contribution is 0.608. The van der Waals surface area contributed by atoms with Crippen LogP contribution in [-0.2, 0) is 14.8 Å². The minimum atomic E-state index is -3.56. The molecule has 17 heavy (non-hydrogen) atoms. The Labute approximate surface area is 104 Å². The van der Waals surface area contributed by atoms with Crippen LogP contribution >= 0.6 is 10.7 Å². The molecule has 6 heteroatoms. The van der Waals surface area contributed by atoms with Crippen molar-refractivity contribution >= 4 is 19.7 Å². The van der Waals surface area contributed by atoms with Crippen LogP contribution < -0.4 is 0 Å². The van der Waals surface area contributed by atoms with Gasteiger partial charge >= 0.3 is 0 Å². The third kappa shape index (κ3) is 3.51. The molecule has 0 saturated heterocycles. The number of benzene rings is 1. The maximum atomic E-state index is 10.9. The van der Waals surface area contributed by atoms with Gasteiger partial charge in [-0.25, -0.2) is 18.4 Å². The van der Waals surface area contributed by atoms with E-state index >= 15 is 0 Å². The topological polar surface area (TPSA) is 59.9 Å². The van der Waals surface area contributed by atoms with Crippen molar-refractivity contribution < 1.29 is 8.42 Å². The zero-order valence-electron chi connectivity index (χ0n) is 8.75. The normalized spacial score (nSPS) is 11.4. The second-order valence-corrected chi connectivity index (χ2v) is 6.24. The highest BCUT2D eigenvalue weighted by molar-refractivity contribution is 8.13. The Bertz CT molecular complexity index is 597. The summed E-state index contributed by atoms with van der Waals surface area (Å²) in [4.78, 5) is 8.20. The molecule has 4 nitrogen and oxygen atoms in total. The average Bonchev–Trinajstić information content (AvgIpc) is 2.29. The smallest absolute Gasteiger partial charge is 0.236 e. The molecule has 0 N–H and O–H groups in total. The van der Waals surface area contributed by atoms with Gasteiger partial charge in [-0.15, -0.1) is 0 Å². The Morgan fingerprint density at radius 3 is 2.18 bits per heavy atom. The first kappa shape index (κ1) is 12.0. The third-order valence-electron chi connectivity index (χ3n) is 2.08. The van der Waals surface area contributed by atoms with E-state index in [0.717, 1.165) is 5.56 Å². The van der Waals surface area contributed by atoms with E-state index in [4.69, 9.17) is 10.7 Å². The molecule has 0 amide bonds. The van der Waals surface area contributed by atoms with Gasteiger partial charge in [0.15, 0.2) is 5.82 Å². The largest absolute Gasteiger partial charge is 0.236 e. The average molecular weight is 269 g/mol. The lowest BCUT2D eigenvalue weighted by Crippen LogP contribution is -1.98. The van der Waals surface area contributed by atoms with Crippen LogP contribution in [0.1, 0.15) is 5.56 Å². The summed E-state index contributed by atoms with van der Waals surface area (Å²) in [7, 11) is 1.58. The van der Waals surface area contributed by atoms with Gasteiger partial charge in [-0.05, 0) is 0 Å². The quantitative estimate of drug-likeness (QED) is 0.801. The SMILES string of the molecule is O=S(=O)(Cl)Cc1cnc(-c2ccccc2)nc1. The Morgan fingerprint density at radius 2 is 1.65 bits per heavy atom. The maximum Gasteiger partial charge on any atom is 0.236 e. The number of halogens is 1. The summed E-state index contributed by atoms with van der Waals surface area (Å²) in [6.07, 6.45) is 2.94. The Hall–Kier alpha value is -1.46. The predicted molar refractivity (Wildman–Crippen MR) is 65.9 cm³/mol. The molecule has 0 spiro atoms. The van der Waals surface area contributed by atoms with E-state index in [0.29, 0.717) is 11.4 Å². The van der Waals surface area contributed by atoms with Gasteiger partial charge in [0.2, 0.25) is 9.05 Å². The fraction of sp³-hybridized carbons (Fsp3) is 0.0909. The summed E-state index contributed by atoms with van der Waals surface area (Å²) in [5, 5.41) is 0. The highest BCUT2D eigenvalue weighted by atomic mass is 35.7. The summed E-state index contributed by atoms with van der Waals surface area (Å²) >= 11 is 0. The van der Waals surface area contributed by atoms with Gasteiger partial charge in [0.25, 0.3) is 0 Å². The highest BCUT2D eigenvalue weighted by Crippen LogP contribution is 2.14. The zero-order chi connectivity index (χ0) is 12.3. The molecule has 0 saturated carbocycles. The molecule has 1 aromatic carbocycles. The summed E-state index contributed by atoms with van der Waals surface area (Å²) < 4.78 is 21.7. The first-order valence-electron chi connectivity index (χ1n) is 4.83. The van der Waals surface area contributed by atoms with Crippen molar-refractivity contribution in [1.82, 2.24) is 9.97 Å². The van der Waals surface area contributed by atoms with Crippen molar-refractivity contribution in [1.29, 1.82) is 0 Å². The second kappa shape index (κ2) is 4.81. The predicted octanol–water partition coefficient (Wildman–Crippen LogP) is 2.21. The molecule has 1 aromatic heterocycles. The van der Waals surface area contributed by atoms with E-state index in [1.807, 2.05) is 30.3 Å². The number of nitrogens with zero attached hydrogens (tertiary/aromatic N) is 2. The van der Waals surface area contributed by atoms with Gasteiger partial charge in [0.05, 0.1) is 5.75 Å². The fourth-order valence-corrected chi connectivity index (χ4v) is 2.29. The van der Waals surface area contributed by atoms with Gasteiger partial charge in [0, 0.05) is 34.2 Å². The fourth-order valence-electron chi connectivity index (χ4n) is 1.36. The summed E-state index contributed by atoms with van der Waals surface area (Å²) in [6.45, 7) is 0. The first-order chi connectivity index (χ1) is 8.04. The van der Waals surface area contributed by atoms with Crippen molar-refractivity contribution in [3.8, 4) is 11.4 Å². The van der Waals surface area contributed by atoms with Crippen LogP contribution in [-0.4, -0.2) is 18.4 Å². The Morgan fingerprint density at radius 1 is 1.06 bits per heavy atom. The van der Waals surface area contributed by atoms with E-state index in [-0.39, 0.29) is 5.75 Å². The van der Waals surface area contributed by atoms with Gasteiger partial charge in [-0.2, -0.15) is 0 Å². The lowest BCUT2D eigenvalue weighted by atomic mass is 10.2. The van der Waals surface area contributed by atoms with E-state index in [1.54, 1.807) is 0 Å². The van der Waals surface area contributed by atoms with E-state index in [9.17, 15) is 8.42 Å². The molecule has 0 bridgehead atoms. The number of hydrogen-bond donors (Lipinski definition) is 0. The molecule has 0 aliphatic rings. The zero-order valence-corrected chi connectivity index (χ0v) is 10.3. The lowest BCUT2D eigenvalue weighted by Gasteiger charge is -2.01. The maximum absolute atomic E-state index is 10.9. The van der Waals surface area contributed by atoms with Gasteiger partial charge in [-0.3, -0.25) is 0 Å². The minimum Gasteiger partial charge on any atom is -0.236 e. The minimum absolute atomic E-state index is 0.260. The monoisotopic (exact) mass is 268 g/mol. The molecule has 0 aliphatic carbocycles. The number of hydrogen-bond acceptors (Lipinski definition) is 4. The van der Waals surface area contributed by atoms with Crippen molar-refractivity contribution in [2.24, 2.45) is 0 Å². The number of aromatic nitrogens is 2. The van der Waals surface area contributed by atoms with Gasteiger partial charge in [-0.1, -0.05) is 30.3 Å². The molecule has 0 fully saturated rings. The molecule has 2 rings (SSSR count). The van der Waals surface area contributed by atoms with Crippen molar-refractivity contribution in [3.05, 3.63) is 48.3 Å². The van der Waals surface area contributed by atoms with Crippen LogP contribution in [0, 0.1) is 0 Å². The first-order valence-corrected chi connectivity index (χ1v) is 7.31. The molecule has 0 atom stereocenters. The molecular weight excluding hydrogens is 260 g/mol.